The van der Waals surface area contributed by atoms with E-state index in [2.05, 4.69) is 10.2 Å². The Morgan fingerprint density at radius 2 is 2.25 bits per heavy atom. The number of nitrogens with two attached hydrogens (primary N) is 1. The van der Waals surface area contributed by atoms with Gasteiger partial charge in [-0.1, -0.05) is 29.8 Å². The number of carbonyl (C=O) groups is 1. The molecule has 3 atom stereocenters. The molecule has 0 radical (unpaired) electrons. The van der Waals surface area contributed by atoms with Crippen molar-refractivity contribution in [1.82, 2.24) is 10.2 Å². The lowest BCUT2D eigenvalue weighted by Gasteiger charge is -2.41. The Hall–Kier alpha value is -1.10. The Balaban J connectivity index is 1.89. The van der Waals surface area contributed by atoms with Gasteiger partial charge in [-0.25, -0.2) is 0 Å². The maximum atomic E-state index is 11.9. The molecular formula is C15H20ClN3O. The molecule has 1 aromatic rings. The molecule has 20 heavy (non-hydrogen) atoms. The molecule has 1 aromatic carbocycles. The van der Waals surface area contributed by atoms with E-state index < -0.39 is 0 Å². The summed E-state index contributed by atoms with van der Waals surface area (Å²) in [4.78, 5) is 14.2. The minimum atomic E-state index is 0.0872. The summed E-state index contributed by atoms with van der Waals surface area (Å²) in [5.41, 5.74) is 7.08. The van der Waals surface area contributed by atoms with Gasteiger partial charge in [0, 0.05) is 30.2 Å². The Labute approximate surface area is 124 Å². The molecule has 0 aliphatic carbocycles. The van der Waals surface area contributed by atoms with Crippen LogP contribution in [0.4, 0.5) is 0 Å². The minimum Gasteiger partial charge on any atom is -0.354 e. The van der Waals surface area contributed by atoms with Crippen LogP contribution in [0.2, 0.25) is 5.02 Å². The second kappa shape index (κ2) is 5.72. The molecule has 0 saturated carbocycles. The van der Waals surface area contributed by atoms with Crippen LogP contribution in [0.25, 0.3) is 0 Å². The van der Waals surface area contributed by atoms with E-state index in [9.17, 15) is 4.79 Å². The SMILES string of the molecule is NCC(c1ccccc1Cl)N1CCCC2C(=O)NCC21. The third-order valence-electron chi connectivity index (χ3n) is 4.53. The van der Waals surface area contributed by atoms with Gasteiger partial charge in [-0.15, -0.1) is 0 Å². The van der Waals surface area contributed by atoms with Gasteiger partial charge in [0.25, 0.3) is 0 Å². The summed E-state index contributed by atoms with van der Waals surface area (Å²) in [5, 5.41) is 3.73. The van der Waals surface area contributed by atoms with Crippen LogP contribution in [-0.4, -0.2) is 36.5 Å². The predicted octanol–water partition coefficient (Wildman–Crippen LogP) is 1.55. The number of hydrogen-bond donors (Lipinski definition) is 2. The molecule has 3 unspecified atom stereocenters. The largest absolute Gasteiger partial charge is 0.354 e. The second-order valence-corrected chi connectivity index (χ2v) is 5.98. The van der Waals surface area contributed by atoms with Gasteiger partial charge in [0.2, 0.25) is 5.91 Å². The minimum absolute atomic E-state index is 0.0872. The number of nitrogens with one attached hydrogen (secondary N) is 1. The molecule has 3 N–H and O–H groups in total. The van der Waals surface area contributed by atoms with E-state index in [1.807, 2.05) is 24.3 Å². The highest BCUT2D eigenvalue weighted by molar-refractivity contribution is 6.31. The summed E-state index contributed by atoms with van der Waals surface area (Å²) < 4.78 is 0. The van der Waals surface area contributed by atoms with Crippen LogP contribution in [0.15, 0.2) is 24.3 Å². The van der Waals surface area contributed by atoms with E-state index in [-0.39, 0.29) is 23.9 Å². The normalized spacial score (nSPS) is 28.0. The van der Waals surface area contributed by atoms with Gasteiger partial charge in [0.1, 0.15) is 0 Å². The van der Waals surface area contributed by atoms with Gasteiger partial charge in [0.15, 0.2) is 0 Å². The number of halogens is 1. The van der Waals surface area contributed by atoms with Crippen LogP contribution >= 0.6 is 11.6 Å². The average Bonchev–Trinajstić information content (AvgIpc) is 2.84. The summed E-state index contributed by atoms with van der Waals surface area (Å²) in [6.07, 6.45) is 2.02. The maximum Gasteiger partial charge on any atom is 0.224 e. The molecule has 4 nitrogen and oxygen atoms in total. The van der Waals surface area contributed by atoms with Crippen LogP contribution in [0, 0.1) is 5.92 Å². The van der Waals surface area contributed by atoms with Crippen LogP contribution in [0.1, 0.15) is 24.4 Å². The number of nitrogens with zero attached hydrogens (tertiary/aromatic N) is 1. The number of likely N-dealkylation sites (tertiary alicyclic amines) is 1. The molecule has 0 bridgehead atoms. The van der Waals surface area contributed by atoms with Crippen molar-refractivity contribution in [2.45, 2.75) is 24.9 Å². The summed E-state index contributed by atoms with van der Waals surface area (Å²) in [6, 6.07) is 8.19. The van der Waals surface area contributed by atoms with E-state index >= 15 is 0 Å². The Bertz CT molecular complexity index is 508. The number of fused-ring (bicyclic) bond motifs is 1. The molecule has 1 amide bonds. The molecule has 0 spiro atoms. The number of rotatable bonds is 3. The molecule has 2 aliphatic rings. The first-order valence-electron chi connectivity index (χ1n) is 7.20. The third kappa shape index (κ3) is 2.32. The van der Waals surface area contributed by atoms with Gasteiger partial charge in [-0.2, -0.15) is 0 Å². The van der Waals surface area contributed by atoms with E-state index in [1.165, 1.54) is 0 Å². The fraction of sp³-hybridized carbons (Fsp3) is 0.533. The Morgan fingerprint density at radius 1 is 1.45 bits per heavy atom. The average molecular weight is 294 g/mol. The summed E-state index contributed by atoms with van der Waals surface area (Å²) in [7, 11) is 0. The monoisotopic (exact) mass is 293 g/mol. The van der Waals surface area contributed by atoms with Gasteiger partial charge < -0.3 is 11.1 Å². The first-order chi connectivity index (χ1) is 9.72. The first-order valence-corrected chi connectivity index (χ1v) is 7.58. The topological polar surface area (TPSA) is 58.4 Å². The van der Waals surface area contributed by atoms with Crippen molar-refractivity contribution < 1.29 is 4.79 Å². The van der Waals surface area contributed by atoms with Crippen LogP contribution in [0.5, 0.6) is 0 Å². The van der Waals surface area contributed by atoms with Crippen LogP contribution in [0.3, 0.4) is 0 Å². The smallest absolute Gasteiger partial charge is 0.224 e. The molecule has 2 saturated heterocycles. The summed E-state index contributed by atoms with van der Waals surface area (Å²) in [5.74, 6) is 0.301. The van der Waals surface area contributed by atoms with E-state index in [4.69, 9.17) is 17.3 Å². The maximum absolute atomic E-state index is 11.9. The van der Waals surface area contributed by atoms with Crippen LogP contribution in [-0.2, 0) is 4.79 Å². The standard InChI is InChI=1S/C15H20ClN3O/c16-12-6-2-1-4-10(12)13(8-17)19-7-3-5-11-14(19)9-18-15(11)20/h1-2,4,6,11,13-14H,3,5,7-9,17H2,(H,18,20). The predicted molar refractivity (Wildman–Crippen MR) is 79.5 cm³/mol. The fourth-order valence-corrected chi connectivity index (χ4v) is 3.82. The van der Waals surface area contributed by atoms with Gasteiger partial charge in [-0.3, -0.25) is 9.69 Å². The molecule has 0 aromatic heterocycles. The van der Waals surface area contributed by atoms with Gasteiger partial charge in [0.05, 0.1) is 5.92 Å². The molecular weight excluding hydrogens is 274 g/mol. The third-order valence-corrected chi connectivity index (χ3v) is 4.88. The molecule has 2 fully saturated rings. The van der Waals surface area contributed by atoms with Crippen molar-refractivity contribution in [1.29, 1.82) is 0 Å². The van der Waals surface area contributed by atoms with Gasteiger partial charge >= 0.3 is 0 Å². The first kappa shape index (κ1) is 13.9. The van der Waals surface area contributed by atoms with Crippen molar-refractivity contribution in [3.05, 3.63) is 34.9 Å². The van der Waals surface area contributed by atoms with Crippen molar-refractivity contribution >= 4 is 17.5 Å². The molecule has 2 aliphatic heterocycles. The lowest BCUT2D eigenvalue weighted by Crippen LogP contribution is -2.49. The highest BCUT2D eigenvalue weighted by Crippen LogP contribution is 2.35. The Kier molecular flexibility index (Phi) is 3.96. The zero-order chi connectivity index (χ0) is 14.1. The lowest BCUT2D eigenvalue weighted by molar-refractivity contribution is -0.124. The molecule has 108 valence electrons. The quantitative estimate of drug-likeness (QED) is 0.889. The number of benzene rings is 1. The Morgan fingerprint density at radius 3 is 3.00 bits per heavy atom. The van der Waals surface area contributed by atoms with Crippen molar-refractivity contribution in [2.75, 3.05) is 19.6 Å². The number of amides is 1. The van der Waals surface area contributed by atoms with Crippen molar-refractivity contribution in [3.63, 3.8) is 0 Å². The lowest BCUT2D eigenvalue weighted by atomic mass is 9.89. The van der Waals surface area contributed by atoms with Crippen LogP contribution < -0.4 is 11.1 Å². The van der Waals surface area contributed by atoms with E-state index in [1.54, 1.807) is 0 Å². The zero-order valence-corrected chi connectivity index (χ0v) is 12.1. The molecule has 3 rings (SSSR count). The summed E-state index contributed by atoms with van der Waals surface area (Å²) >= 11 is 6.32. The van der Waals surface area contributed by atoms with Crippen molar-refractivity contribution in [3.8, 4) is 0 Å². The van der Waals surface area contributed by atoms with Crippen molar-refractivity contribution in [2.24, 2.45) is 11.7 Å². The number of hydrogen-bond acceptors (Lipinski definition) is 3. The van der Waals surface area contributed by atoms with Gasteiger partial charge in [-0.05, 0) is 31.0 Å². The highest BCUT2D eigenvalue weighted by atomic mass is 35.5. The number of carbonyl (C=O) groups excluding carboxylic acids is 1. The highest BCUT2D eigenvalue weighted by Gasteiger charge is 2.43. The van der Waals surface area contributed by atoms with E-state index in [0.717, 1.165) is 36.5 Å². The fourth-order valence-electron chi connectivity index (χ4n) is 3.56. The molecule has 2 heterocycles. The summed E-state index contributed by atoms with van der Waals surface area (Å²) in [6.45, 7) is 2.22. The van der Waals surface area contributed by atoms with E-state index in [0.29, 0.717) is 6.54 Å². The molecule has 5 heteroatoms. The number of piperidine rings is 1. The second-order valence-electron chi connectivity index (χ2n) is 5.57. The zero-order valence-electron chi connectivity index (χ0n) is 11.4.